The number of esters is 1. The Morgan fingerprint density at radius 3 is 2.21 bits per heavy atom. The van der Waals surface area contributed by atoms with Gasteiger partial charge in [0.25, 0.3) is 5.91 Å². The summed E-state index contributed by atoms with van der Waals surface area (Å²) in [5, 5.41) is 2.64. The number of nitrogens with zero attached hydrogens (tertiary/aromatic N) is 1. The maximum Gasteiger partial charge on any atom is 0.310 e. The first-order chi connectivity index (χ1) is 11.5. The third-order valence-corrected chi connectivity index (χ3v) is 3.03. The lowest BCUT2D eigenvalue weighted by molar-refractivity contribution is -0.151. The summed E-state index contributed by atoms with van der Waals surface area (Å²) >= 11 is 0. The molecule has 0 aliphatic rings. The summed E-state index contributed by atoms with van der Waals surface area (Å²) in [5.74, 6) is -0.957. The average Bonchev–Trinajstić information content (AvgIpc) is 2.54. The Bertz CT molecular complexity index is 598. The van der Waals surface area contributed by atoms with Gasteiger partial charge in [-0.2, -0.15) is 0 Å². The van der Waals surface area contributed by atoms with Crippen LogP contribution in [0.2, 0.25) is 0 Å². The van der Waals surface area contributed by atoms with E-state index in [4.69, 9.17) is 4.74 Å². The predicted molar refractivity (Wildman–Crippen MR) is 92.4 cm³/mol. The van der Waals surface area contributed by atoms with Crippen LogP contribution in [0.1, 0.15) is 12.5 Å². The minimum atomic E-state index is -0.493. The first kappa shape index (κ1) is 19.2. The van der Waals surface area contributed by atoms with Crippen LogP contribution in [-0.4, -0.2) is 42.4 Å². The highest BCUT2D eigenvalue weighted by Gasteiger charge is 2.13. The molecule has 0 atom stereocenters. The Labute approximate surface area is 141 Å². The van der Waals surface area contributed by atoms with E-state index >= 15 is 0 Å². The molecule has 0 unspecified atom stereocenters. The molecule has 1 aromatic carbocycles. The van der Waals surface area contributed by atoms with E-state index in [0.29, 0.717) is 18.8 Å². The molecule has 0 aliphatic carbocycles. The zero-order valence-corrected chi connectivity index (χ0v) is 13.8. The van der Waals surface area contributed by atoms with Crippen molar-refractivity contribution in [3.8, 4) is 0 Å². The van der Waals surface area contributed by atoms with Crippen LogP contribution in [0.15, 0.2) is 49.6 Å². The first-order valence-corrected chi connectivity index (χ1v) is 7.48. The van der Waals surface area contributed by atoms with E-state index in [1.54, 1.807) is 36.4 Å². The van der Waals surface area contributed by atoms with E-state index in [9.17, 15) is 14.4 Å². The summed E-state index contributed by atoms with van der Waals surface area (Å²) in [6.45, 7) is 9.00. The second-order valence-corrected chi connectivity index (χ2v) is 5.09. The number of carbonyl (C=O) groups excluding carboxylic acids is 3. The second-order valence-electron chi connectivity index (χ2n) is 5.09. The topological polar surface area (TPSA) is 75.7 Å². The number of hydrogen-bond donors (Lipinski definition) is 1. The van der Waals surface area contributed by atoms with E-state index in [1.807, 2.05) is 0 Å². The third kappa shape index (κ3) is 6.91. The molecule has 1 rings (SSSR count). The predicted octanol–water partition coefficient (Wildman–Crippen LogP) is 1.93. The van der Waals surface area contributed by atoms with Gasteiger partial charge in [-0.25, -0.2) is 0 Å². The molecular weight excluding hydrogens is 308 g/mol. The first-order valence-electron chi connectivity index (χ1n) is 7.48. The van der Waals surface area contributed by atoms with Crippen molar-refractivity contribution in [2.24, 2.45) is 0 Å². The Hall–Kier alpha value is -2.89. The molecule has 0 bridgehead atoms. The number of amides is 2. The zero-order valence-electron chi connectivity index (χ0n) is 13.8. The van der Waals surface area contributed by atoms with Crippen LogP contribution in [0, 0.1) is 0 Å². The SMILES string of the molecule is C=CCN(CC=C)C(=O)COC(=O)Cc1ccc(NC(C)=O)cc1. The Morgan fingerprint density at radius 2 is 1.71 bits per heavy atom. The summed E-state index contributed by atoms with van der Waals surface area (Å²) in [6, 6.07) is 6.84. The summed E-state index contributed by atoms with van der Waals surface area (Å²) in [6.07, 6.45) is 3.25. The van der Waals surface area contributed by atoms with Gasteiger partial charge in [-0.05, 0) is 17.7 Å². The quantitative estimate of drug-likeness (QED) is 0.554. The molecule has 6 heteroatoms. The standard InChI is InChI=1S/C18H22N2O4/c1-4-10-20(11-5-2)17(22)13-24-18(23)12-15-6-8-16(9-7-15)19-14(3)21/h4-9H,1-2,10-13H2,3H3,(H,19,21). The van der Waals surface area contributed by atoms with Crippen LogP contribution >= 0.6 is 0 Å². The fraction of sp³-hybridized carbons (Fsp3) is 0.278. The van der Waals surface area contributed by atoms with Crippen LogP contribution in [0.4, 0.5) is 5.69 Å². The molecule has 0 spiro atoms. The van der Waals surface area contributed by atoms with Gasteiger partial charge in [-0.3, -0.25) is 14.4 Å². The molecule has 0 radical (unpaired) electrons. The molecule has 0 saturated heterocycles. The smallest absolute Gasteiger partial charge is 0.310 e. The van der Waals surface area contributed by atoms with E-state index in [-0.39, 0.29) is 24.8 Å². The van der Waals surface area contributed by atoms with E-state index in [0.717, 1.165) is 5.56 Å². The molecule has 128 valence electrons. The monoisotopic (exact) mass is 330 g/mol. The van der Waals surface area contributed by atoms with Crippen molar-refractivity contribution in [3.63, 3.8) is 0 Å². The molecule has 24 heavy (non-hydrogen) atoms. The number of ether oxygens (including phenoxy) is 1. The van der Waals surface area contributed by atoms with Crippen molar-refractivity contribution >= 4 is 23.5 Å². The number of nitrogens with one attached hydrogen (secondary N) is 1. The highest BCUT2D eigenvalue weighted by Crippen LogP contribution is 2.10. The number of carbonyl (C=O) groups is 3. The van der Waals surface area contributed by atoms with Gasteiger partial charge >= 0.3 is 5.97 Å². The molecule has 0 heterocycles. The van der Waals surface area contributed by atoms with Crippen LogP contribution in [0.5, 0.6) is 0 Å². The number of benzene rings is 1. The molecule has 0 aliphatic heterocycles. The highest BCUT2D eigenvalue weighted by molar-refractivity contribution is 5.88. The van der Waals surface area contributed by atoms with Crippen molar-refractivity contribution in [2.75, 3.05) is 25.0 Å². The maximum atomic E-state index is 11.9. The molecule has 2 amide bonds. The van der Waals surface area contributed by atoms with Gasteiger partial charge in [0.2, 0.25) is 5.91 Å². The van der Waals surface area contributed by atoms with E-state index < -0.39 is 5.97 Å². The minimum absolute atomic E-state index is 0.0521. The van der Waals surface area contributed by atoms with Crippen LogP contribution in [0.3, 0.4) is 0 Å². The van der Waals surface area contributed by atoms with Crippen LogP contribution in [-0.2, 0) is 25.5 Å². The van der Waals surface area contributed by atoms with Gasteiger partial charge in [0.15, 0.2) is 6.61 Å². The van der Waals surface area contributed by atoms with Crippen molar-refractivity contribution in [1.29, 1.82) is 0 Å². The fourth-order valence-electron chi connectivity index (χ4n) is 1.95. The van der Waals surface area contributed by atoms with Crippen molar-refractivity contribution in [2.45, 2.75) is 13.3 Å². The minimum Gasteiger partial charge on any atom is -0.455 e. The van der Waals surface area contributed by atoms with Gasteiger partial charge in [-0.15, -0.1) is 13.2 Å². The Balaban J connectivity index is 2.47. The highest BCUT2D eigenvalue weighted by atomic mass is 16.5. The van der Waals surface area contributed by atoms with Crippen molar-refractivity contribution in [3.05, 3.63) is 55.1 Å². The lowest BCUT2D eigenvalue weighted by Crippen LogP contribution is -2.35. The summed E-state index contributed by atoms with van der Waals surface area (Å²) in [5.41, 5.74) is 1.38. The average molecular weight is 330 g/mol. The Morgan fingerprint density at radius 1 is 1.12 bits per heavy atom. The second kappa shape index (κ2) is 9.99. The lowest BCUT2D eigenvalue weighted by atomic mass is 10.1. The molecule has 0 fully saturated rings. The van der Waals surface area contributed by atoms with E-state index in [2.05, 4.69) is 18.5 Å². The summed E-state index contributed by atoms with van der Waals surface area (Å²) in [4.78, 5) is 36.2. The van der Waals surface area contributed by atoms with Crippen LogP contribution < -0.4 is 5.32 Å². The molecule has 0 saturated carbocycles. The molecular formula is C18H22N2O4. The van der Waals surface area contributed by atoms with Crippen molar-refractivity contribution in [1.82, 2.24) is 4.90 Å². The third-order valence-electron chi connectivity index (χ3n) is 3.03. The molecule has 6 nitrogen and oxygen atoms in total. The van der Waals surface area contributed by atoms with Crippen molar-refractivity contribution < 1.29 is 19.1 Å². The zero-order chi connectivity index (χ0) is 17.9. The lowest BCUT2D eigenvalue weighted by Gasteiger charge is -2.18. The number of hydrogen-bond acceptors (Lipinski definition) is 4. The normalized spacial score (nSPS) is 9.71. The summed E-state index contributed by atoms with van der Waals surface area (Å²) < 4.78 is 5.01. The number of anilines is 1. The van der Waals surface area contributed by atoms with Gasteiger partial charge in [-0.1, -0.05) is 24.3 Å². The van der Waals surface area contributed by atoms with Crippen LogP contribution in [0.25, 0.3) is 0 Å². The van der Waals surface area contributed by atoms with Gasteiger partial charge < -0.3 is 15.0 Å². The van der Waals surface area contributed by atoms with Gasteiger partial charge in [0.1, 0.15) is 0 Å². The fourth-order valence-corrected chi connectivity index (χ4v) is 1.95. The molecule has 1 aromatic rings. The maximum absolute atomic E-state index is 11.9. The molecule has 1 N–H and O–H groups in total. The van der Waals surface area contributed by atoms with Gasteiger partial charge in [0.05, 0.1) is 6.42 Å². The van der Waals surface area contributed by atoms with E-state index in [1.165, 1.54) is 11.8 Å². The molecule has 0 aromatic heterocycles. The van der Waals surface area contributed by atoms with Gasteiger partial charge in [0, 0.05) is 25.7 Å². The summed E-state index contributed by atoms with van der Waals surface area (Å²) in [7, 11) is 0. The Kier molecular flexibility index (Phi) is 7.98. The number of rotatable bonds is 9. The largest absolute Gasteiger partial charge is 0.455 e.